The predicted octanol–water partition coefficient (Wildman–Crippen LogP) is 0.430. The summed E-state index contributed by atoms with van der Waals surface area (Å²) in [7, 11) is 0. The molecule has 0 saturated carbocycles. The van der Waals surface area contributed by atoms with E-state index < -0.39 is 23.5 Å². The molecular weight excluding hydrogens is 536 g/mol. The largest absolute Gasteiger partial charge is 0.480 e. The zero-order valence-corrected chi connectivity index (χ0v) is 22.6. The van der Waals surface area contributed by atoms with E-state index in [9.17, 15) is 24.3 Å². The number of hydrogen-bond acceptors (Lipinski definition) is 11. The lowest BCUT2D eigenvalue weighted by Gasteiger charge is -2.15. The topological polar surface area (TPSA) is 224 Å². The van der Waals surface area contributed by atoms with Crippen molar-refractivity contribution in [3.63, 3.8) is 0 Å². The average molecular weight is 571 g/mol. The Labute approximate surface area is 235 Å². The fraction of sp³-hybridized carbons (Fsp3) is 0.423. The monoisotopic (exact) mass is 570 g/mol. The maximum Gasteiger partial charge on any atom is 0.326 e. The van der Waals surface area contributed by atoms with Crippen LogP contribution in [0.4, 0.5) is 11.6 Å². The van der Waals surface area contributed by atoms with Crippen LogP contribution in [0.3, 0.4) is 0 Å². The Balaban J connectivity index is 1.42. The molecule has 0 spiro atoms. The Morgan fingerprint density at radius 1 is 1.10 bits per heavy atom. The third kappa shape index (κ3) is 10.1. The number of carboxylic acids is 1. The molecule has 15 heteroatoms. The highest BCUT2D eigenvalue weighted by Crippen LogP contribution is 2.12. The smallest absolute Gasteiger partial charge is 0.326 e. The molecule has 2 amide bonds. The zero-order valence-electron chi connectivity index (χ0n) is 22.6. The van der Waals surface area contributed by atoms with Crippen LogP contribution in [0.5, 0.6) is 0 Å². The van der Waals surface area contributed by atoms with Gasteiger partial charge in [0.15, 0.2) is 11.2 Å². The number of nitrogens with zero attached hydrogens (tertiary/aromatic N) is 3. The molecule has 3 aromatic rings. The molecule has 0 saturated heterocycles. The van der Waals surface area contributed by atoms with Crippen molar-refractivity contribution in [2.45, 2.75) is 38.8 Å². The molecule has 220 valence electrons. The number of fused-ring (bicyclic) bond motifs is 1. The highest BCUT2D eigenvalue weighted by Gasteiger charge is 2.21. The minimum atomic E-state index is -1.24. The van der Waals surface area contributed by atoms with Crippen LogP contribution in [0.25, 0.3) is 11.2 Å². The third-order valence-corrected chi connectivity index (χ3v) is 5.73. The van der Waals surface area contributed by atoms with Crippen LogP contribution in [0.15, 0.2) is 35.3 Å². The summed E-state index contributed by atoms with van der Waals surface area (Å²) in [5.74, 6) is -2.18. The second-order valence-electron chi connectivity index (χ2n) is 8.83. The number of carboxylic acid groups (broad SMARTS) is 1. The molecule has 0 aliphatic rings. The maximum absolute atomic E-state index is 12.6. The zero-order chi connectivity index (χ0) is 29.6. The summed E-state index contributed by atoms with van der Waals surface area (Å²) < 4.78 is 10.5. The molecule has 2 aromatic heterocycles. The molecule has 0 radical (unpaired) electrons. The molecule has 0 aliphatic carbocycles. The molecule has 0 fully saturated rings. The van der Waals surface area contributed by atoms with Crippen molar-refractivity contribution in [3.8, 4) is 0 Å². The number of anilines is 2. The average Bonchev–Trinajstić information content (AvgIpc) is 2.95. The summed E-state index contributed by atoms with van der Waals surface area (Å²) in [4.78, 5) is 63.0. The standard InChI is InChI=1S/C26H34N8O7/c1-2-40-12-13-41-11-3-10-28-20(35)9-8-19(25(38)39)32-23(36)16-4-6-17(7-5-16)29-14-18-15-30-22-21(31-18)24(37)34-26(27)33-22/h4-7,15,19,29H,2-3,8-14H2,1H3,(H,28,35)(H,32,36)(H,38,39)(H3,27,30,33,34,37)/t19-/m1/s1. The first-order chi connectivity index (χ1) is 19.8. The lowest BCUT2D eigenvalue weighted by molar-refractivity contribution is -0.139. The van der Waals surface area contributed by atoms with Gasteiger partial charge in [0.25, 0.3) is 11.5 Å². The molecule has 0 aliphatic heterocycles. The fourth-order valence-corrected chi connectivity index (χ4v) is 3.62. The van der Waals surface area contributed by atoms with Crippen molar-refractivity contribution < 1.29 is 29.0 Å². The Hall–Kier alpha value is -4.63. The van der Waals surface area contributed by atoms with Gasteiger partial charge in [-0.25, -0.2) is 14.8 Å². The van der Waals surface area contributed by atoms with Gasteiger partial charge in [0, 0.05) is 37.4 Å². The minimum absolute atomic E-state index is 0.0474. The SMILES string of the molecule is CCOCCOCCCNC(=O)CC[C@@H](NC(=O)c1ccc(NCc2cnc3nc(N)[nH]c(=O)c3n2)cc1)C(=O)O. The summed E-state index contributed by atoms with van der Waals surface area (Å²) in [5, 5.41) is 17.8. The van der Waals surface area contributed by atoms with Gasteiger partial charge in [-0.15, -0.1) is 0 Å². The van der Waals surface area contributed by atoms with Crippen LogP contribution in [-0.4, -0.2) is 81.8 Å². The maximum atomic E-state index is 12.6. The van der Waals surface area contributed by atoms with Crippen molar-refractivity contribution in [1.29, 1.82) is 0 Å². The van der Waals surface area contributed by atoms with Crippen LogP contribution in [-0.2, 0) is 25.6 Å². The number of aromatic amines is 1. The Bertz CT molecular complexity index is 1380. The number of benzene rings is 1. The van der Waals surface area contributed by atoms with Crippen LogP contribution in [0.2, 0.25) is 0 Å². The molecule has 41 heavy (non-hydrogen) atoms. The minimum Gasteiger partial charge on any atom is -0.480 e. The molecular formula is C26H34N8O7. The predicted molar refractivity (Wildman–Crippen MR) is 149 cm³/mol. The lowest BCUT2D eigenvalue weighted by Crippen LogP contribution is -2.41. The molecule has 1 atom stereocenters. The number of nitrogen functional groups attached to an aromatic ring is 1. The second-order valence-corrected chi connectivity index (χ2v) is 8.83. The van der Waals surface area contributed by atoms with E-state index in [2.05, 4.69) is 35.9 Å². The molecule has 15 nitrogen and oxygen atoms in total. The quantitative estimate of drug-likeness (QED) is 0.122. The third-order valence-electron chi connectivity index (χ3n) is 5.73. The number of ether oxygens (including phenoxy) is 2. The first-order valence-electron chi connectivity index (χ1n) is 13.1. The number of amides is 2. The van der Waals surface area contributed by atoms with E-state index in [0.717, 1.165) is 0 Å². The van der Waals surface area contributed by atoms with Gasteiger partial charge in [-0.1, -0.05) is 0 Å². The number of hydrogen-bond donors (Lipinski definition) is 6. The summed E-state index contributed by atoms with van der Waals surface area (Å²) in [6, 6.07) is 5.11. The number of aliphatic carboxylic acids is 1. The van der Waals surface area contributed by atoms with Crippen molar-refractivity contribution in [2.75, 3.05) is 44.0 Å². The number of nitrogens with one attached hydrogen (secondary N) is 4. The highest BCUT2D eigenvalue weighted by molar-refractivity contribution is 5.97. The van der Waals surface area contributed by atoms with E-state index in [1.165, 1.54) is 18.3 Å². The van der Waals surface area contributed by atoms with E-state index in [1.54, 1.807) is 12.1 Å². The Kier molecular flexibility index (Phi) is 11.9. The summed E-state index contributed by atoms with van der Waals surface area (Å²) >= 11 is 0. The number of carbonyl (C=O) groups is 3. The molecule has 1 aromatic carbocycles. The van der Waals surface area contributed by atoms with Gasteiger partial charge >= 0.3 is 5.97 Å². The number of nitrogens with two attached hydrogens (primary N) is 1. The fourth-order valence-electron chi connectivity index (χ4n) is 3.62. The first kappa shape index (κ1) is 30.9. The lowest BCUT2D eigenvalue weighted by atomic mass is 10.1. The van der Waals surface area contributed by atoms with Gasteiger partial charge in [-0.3, -0.25) is 19.4 Å². The Morgan fingerprint density at radius 2 is 1.85 bits per heavy atom. The Morgan fingerprint density at radius 3 is 2.59 bits per heavy atom. The summed E-state index contributed by atoms with van der Waals surface area (Å²) in [6.07, 6.45) is 1.97. The van der Waals surface area contributed by atoms with Crippen molar-refractivity contribution in [2.24, 2.45) is 0 Å². The first-order valence-corrected chi connectivity index (χ1v) is 13.1. The summed E-state index contributed by atoms with van der Waals surface area (Å²) in [6.45, 7) is 4.65. The summed E-state index contributed by atoms with van der Waals surface area (Å²) in [5.41, 5.74) is 6.60. The van der Waals surface area contributed by atoms with Crippen LogP contribution in [0.1, 0.15) is 42.2 Å². The normalized spacial score (nSPS) is 11.6. The number of H-pyrrole nitrogens is 1. The molecule has 0 unspecified atom stereocenters. The highest BCUT2D eigenvalue weighted by atomic mass is 16.5. The van der Waals surface area contributed by atoms with E-state index in [-0.39, 0.29) is 48.0 Å². The van der Waals surface area contributed by atoms with Crippen molar-refractivity contribution >= 4 is 40.6 Å². The van der Waals surface area contributed by atoms with Gasteiger partial charge in [0.2, 0.25) is 11.9 Å². The van der Waals surface area contributed by atoms with Crippen molar-refractivity contribution in [3.05, 3.63) is 52.1 Å². The van der Waals surface area contributed by atoms with E-state index >= 15 is 0 Å². The molecule has 7 N–H and O–H groups in total. The molecule has 3 rings (SSSR count). The second kappa shape index (κ2) is 15.8. The van der Waals surface area contributed by atoms with E-state index in [1.807, 2.05) is 6.92 Å². The van der Waals surface area contributed by atoms with Gasteiger partial charge in [0.05, 0.1) is 31.6 Å². The number of rotatable bonds is 17. The van der Waals surface area contributed by atoms with Crippen LogP contribution < -0.4 is 27.2 Å². The number of carbonyl (C=O) groups excluding carboxylic acids is 2. The van der Waals surface area contributed by atoms with Gasteiger partial charge in [-0.2, -0.15) is 4.98 Å². The molecule has 0 bridgehead atoms. The molecule has 2 heterocycles. The van der Waals surface area contributed by atoms with Crippen LogP contribution >= 0.6 is 0 Å². The van der Waals surface area contributed by atoms with Gasteiger partial charge in [-0.05, 0) is 44.0 Å². The number of aromatic nitrogens is 4. The van der Waals surface area contributed by atoms with Gasteiger partial charge in [0.1, 0.15) is 6.04 Å². The van der Waals surface area contributed by atoms with E-state index in [0.29, 0.717) is 50.8 Å². The van der Waals surface area contributed by atoms with E-state index in [4.69, 9.17) is 15.2 Å². The van der Waals surface area contributed by atoms with Crippen molar-refractivity contribution in [1.82, 2.24) is 30.6 Å². The van der Waals surface area contributed by atoms with Gasteiger partial charge < -0.3 is 36.3 Å². The van der Waals surface area contributed by atoms with Crippen LogP contribution in [0, 0.1) is 0 Å².